The minimum absolute atomic E-state index is 0.0424. The fraction of sp³-hybridized carbons (Fsp3) is 0.333. The first-order valence-electron chi connectivity index (χ1n) is 11.0. The number of rotatable bonds is 5. The van der Waals surface area contributed by atoms with E-state index < -0.39 is 10.0 Å². The molecule has 0 radical (unpaired) electrons. The molecule has 1 aromatic heterocycles. The van der Waals surface area contributed by atoms with E-state index in [9.17, 15) is 13.2 Å². The van der Waals surface area contributed by atoms with Crippen molar-refractivity contribution in [1.82, 2.24) is 14.6 Å². The summed E-state index contributed by atoms with van der Waals surface area (Å²) in [5, 5.41) is 5.80. The Kier molecular flexibility index (Phi) is 5.94. The zero-order valence-electron chi connectivity index (χ0n) is 18.4. The standard InChI is InChI=1S/C24H26N4O3S2/c1-17-2-4-19(5-3-17)22-16-32-24(26-22)27-10-12-28(13-11-27)33(30,31)21-8-6-18(7-9-21)20-14-23(29)25-15-20/h2-9,16,20H,10-15H2,1H3,(H,25,29). The van der Waals surface area contributed by atoms with Gasteiger partial charge >= 0.3 is 0 Å². The van der Waals surface area contributed by atoms with Crippen molar-refractivity contribution in [2.75, 3.05) is 37.6 Å². The average Bonchev–Trinajstić information content (AvgIpc) is 3.49. The van der Waals surface area contributed by atoms with Gasteiger partial charge in [0.1, 0.15) is 0 Å². The molecule has 2 aliphatic rings. The molecule has 9 heteroatoms. The van der Waals surface area contributed by atoms with E-state index in [1.54, 1.807) is 27.8 Å². The molecule has 0 bridgehead atoms. The predicted molar refractivity (Wildman–Crippen MR) is 130 cm³/mol. The maximum atomic E-state index is 13.2. The van der Waals surface area contributed by atoms with Gasteiger partial charge in [0.15, 0.2) is 5.13 Å². The molecule has 33 heavy (non-hydrogen) atoms. The van der Waals surface area contributed by atoms with Gasteiger partial charge in [-0.3, -0.25) is 4.79 Å². The first kappa shape index (κ1) is 22.1. The van der Waals surface area contributed by atoms with E-state index in [2.05, 4.69) is 46.8 Å². The van der Waals surface area contributed by atoms with Crippen LogP contribution in [0.3, 0.4) is 0 Å². The normalized spacial score (nSPS) is 19.6. The van der Waals surface area contributed by atoms with Gasteiger partial charge in [0.2, 0.25) is 15.9 Å². The van der Waals surface area contributed by atoms with E-state index in [4.69, 9.17) is 4.98 Å². The Balaban J connectivity index is 1.23. The molecule has 2 aliphatic heterocycles. The molecule has 3 heterocycles. The lowest BCUT2D eigenvalue weighted by Crippen LogP contribution is -2.48. The van der Waals surface area contributed by atoms with E-state index >= 15 is 0 Å². The fourth-order valence-electron chi connectivity index (χ4n) is 4.29. The number of sulfonamides is 1. The fourth-order valence-corrected chi connectivity index (χ4v) is 6.60. The van der Waals surface area contributed by atoms with Gasteiger partial charge < -0.3 is 10.2 Å². The molecule has 1 unspecified atom stereocenters. The quantitative estimate of drug-likeness (QED) is 0.604. The van der Waals surface area contributed by atoms with Crippen LogP contribution in [0.5, 0.6) is 0 Å². The van der Waals surface area contributed by atoms with E-state index in [0.29, 0.717) is 44.0 Å². The van der Waals surface area contributed by atoms with Crippen molar-refractivity contribution >= 4 is 32.4 Å². The average molecular weight is 483 g/mol. The Morgan fingerprint density at radius 1 is 1.00 bits per heavy atom. The summed E-state index contributed by atoms with van der Waals surface area (Å²) in [4.78, 5) is 18.7. The zero-order valence-corrected chi connectivity index (χ0v) is 20.0. The summed E-state index contributed by atoms with van der Waals surface area (Å²) in [7, 11) is -3.55. The molecule has 3 aromatic rings. The summed E-state index contributed by atoms with van der Waals surface area (Å²) in [6.07, 6.45) is 0.455. The van der Waals surface area contributed by atoms with Crippen LogP contribution in [-0.2, 0) is 14.8 Å². The molecule has 1 N–H and O–H groups in total. The number of piperazine rings is 1. The number of aryl methyl sites for hydroxylation is 1. The molecular formula is C24H26N4O3S2. The third kappa shape index (κ3) is 4.53. The van der Waals surface area contributed by atoms with E-state index in [1.165, 1.54) is 5.56 Å². The largest absolute Gasteiger partial charge is 0.355 e. The van der Waals surface area contributed by atoms with Gasteiger partial charge in [0, 0.05) is 56.0 Å². The van der Waals surface area contributed by atoms with Gasteiger partial charge in [-0.2, -0.15) is 4.31 Å². The number of anilines is 1. The summed E-state index contributed by atoms with van der Waals surface area (Å²) >= 11 is 1.59. The Hall–Kier alpha value is -2.75. The van der Waals surface area contributed by atoms with Crippen LogP contribution in [-0.4, -0.2) is 56.3 Å². The number of benzene rings is 2. The summed E-state index contributed by atoms with van der Waals surface area (Å²) in [6.45, 7) is 4.72. The number of hydrogen-bond donors (Lipinski definition) is 1. The van der Waals surface area contributed by atoms with Gasteiger partial charge in [-0.1, -0.05) is 42.0 Å². The third-order valence-electron chi connectivity index (χ3n) is 6.32. The number of hydrogen-bond acceptors (Lipinski definition) is 6. The lowest BCUT2D eigenvalue weighted by molar-refractivity contribution is -0.119. The highest BCUT2D eigenvalue weighted by Crippen LogP contribution is 2.30. The maximum Gasteiger partial charge on any atom is 0.243 e. The van der Waals surface area contributed by atoms with Crippen molar-refractivity contribution in [1.29, 1.82) is 0 Å². The van der Waals surface area contributed by atoms with Crippen molar-refractivity contribution < 1.29 is 13.2 Å². The zero-order chi connectivity index (χ0) is 23.0. The monoisotopic (exact) mass is 482 g/mol. The maximum absolute atomic E-state index is 13.2. The molecule has 5 rings (SSSR count). The molecule has 0 aliphatic carbocycles. The molecule has 0 saturated carbocycles. The second-order valence-electron chi connectivity index (χ2n) is 8.55. The van der Waals surface area contributed by atoms with Crippen LogP contribution in [0, 0.1) is 6.92 Å². The number of amides is 1. The van der Waals surface area contributed by atoms with Crippen LogP contribution in [0.4, 0.5) is 5.13 Å². The summed E-state index contributed by atoms with van der Waals surface area (Å²) in [5.41, 5.74) is 4.24. The van der Waals surface area contributed by atoms with Crippen molar-refractivity contribution in [3.8, 4) is 11.3 Å². The minimum Gasteiger partial charge on any atom is -0.355 e. The number of nitrogens with one attached hydrogen (secondary N) is 1. The number of nitrogens with zero attached hydrogens (tertiary/aromatic N) is 3. The molecule has 7 nitrogen and oxygen atoms in total. The Morgan fingerprint density at radius 3 is 2.33 bits per heavy atom. The van der Waals surface area contributed by atoms with Crippen molar-refractivity contribution in [2.24, 2.45) is 0 Å². The molecule has 2 aromatic carbocycles. The molecule has 1 atom stereocenters. The highest BCUT2D eigenvalue weighted by molar-refractivity contribution is 7.89. The van der Waals surface area contributed by atoms with E-state index in [1.807, 2.05) is 12.1 Å². The molecule has 172 valence electrons. The molecule has 0 spiro atoms. The van der Waals surface area contributed by atoms with Gasteiger partial charge in [0.25, 0.3) is 0 Å². The van der Waals surface area contributed by atoms with Crippen molar-refractivity contribution in [3.63, 3.8) is 0 Å². The lowest BCUT2D eigenvalue weighted by atomic mass is 9.99. The number of carbonyl (C=O) groups is 1. The smallest absolute Gasteiger partial charge is 0.243 e. The van der Waals surface area contributed by atoms with Crippen molar-refractivity contribution in [2.45, 2.75) is 24.2 Å². The van der Waals surface area contributed by atoms with Crippen LogP contribution < -0.4 is 10.2 Å². The van der Waals surface area contributed by atoms with Gasteiger partial charge in [-0.15, -0.1) is 11.3 Å². The highest BCUT2D eigenvalue weighted by Gasteiger charge is 2.30. The van der Waals surface area contributed by atoms with E-state index in [-0.39, 0.29) is 11.8 Å². The van der Waals surface area contributed by atoms with E-state index in [0.717, 1.165) is 22.0 Å². The summed E-state index contributed by atoms with van der Waals surface area (Å²) in [5.74, 6) is 0.154. The first-order valence-corrected chi connectivity index (χ1v) is 13.4. The topological polar surface area (TPSA) is 82.6 Å². The van der Waals surface area contributed by atoms with Crippen molar-refractivity contribution in [3.05, 3.63) is 65.0 Å². The first-order chi connectivity index (χ1) is 15.9. The third-order valence-corrected chi connectivity index (χ3v) is 9.13. The van der Waals surface area contributed by atoms with Crippen LogP contribution in [0.1, 0.15) is 23.5 Å². The highest BCUT2D eigenvalue weighted by atomic mass is 32.2. The predicted octanol–water partition coefficient (Wildman–Crippen LogP) is 3.23. The molecular weight excluding hydrogens is 456 g/mol. The second kappa shape index (κ2) is 8.89. The Labute approximate surface area is 198 Å². The number of aromatic nitrogens is 1. The van der Waals surface area contributed by atoms with Crippen LogP contribution in [0.15, 0.2) is 58.8 Å². The Morgan fingerprint density at radius 2 is 1.70 bits per heavy atom. The number of thiazole rings is 1. The summed E-state index contributed by atoms with van der Waals surface area (Å²) < 4.78 is 27.9. The second-order valence-corrected chi connectivity index (χ2v) is 11.3. The van der Waals surface area contributed by atoms with Crippen LogP contribution in [0.2, 0.25) is 0 Å². The minimum atomic E-state index is -3.55. The SMILES string of the molecule is Cc1ccc(-c2csc(N3CCN(S(=O)(=O)c4ccc(C5CNC(=O)C5)cc4)CC3)n2)cc1. The lowest BCUT2D eigenvalue weighted by Gasteiger charge is -2.33. The molecule has 2 fully saturated rings. The van der Waals surface area contributed by atoms with Gasteiger partial charge in [-0.05, 0) is 24.6 Å². The van der Waals surface area contributed by atoms with Gasteiger partial charge in [0.05, 0.1) is 10.6 Å². The van der Waals surface area contributed by atoms with Crippen LogP contribution in [0.25, 0.3) is 11.3 Å². The Bertz CT molecular complexity index is 1250. The summed E-state index contributed by atoms with van der Waals surface area (Å²) in [6, 6.07) is 15.3. The van der Waals surface area contributed by atoms with Gasteiger partial charge in [-0.25, -0.2) is 13.4 Å². The van der Waals surface area contributed by atoms with Crippen LogP contribution >= 0.6 is 11.3 Å². The number of carbonyl (C=O) groups excluding carboxylic acids is 1. The molecule has 2 saturated heterocycles. The molecule has 1 amide bonds.